The number of allylic oxidation sites excluding steroid dienone is 2. The first-order valence-electron chi connectivity index (χ1n) is 6.94. The maximum absolute atomic E-state index is 6.25. The molecule has 0 bridgehead atoms. The second kappa shape index (κ2) is 3.88. The van der Waals surface area contributed by atoms with Crippen LogP contribution in [0.15, 0.2) is 29.8 Å². The van der Waals surface area contributed by atoms with E-state index in [0.717, 1.165) is 5.75 Å². The highest BCUT2D eigenvalue weighted by Crippen LogP contribution is 2.50. The molecular weight excluding hydrogens is 220 g/mol. The first-order valence-corrected chi connectivity index (χ1v) is 6.94. The Hall–Kier alpha value is -1.24. The Morgan fingerprint density at radius 3 is 2.78 bits per heavy atom. The SMILES string of the molecule is CC1=CC2c3cc(C)ccc3OC(C)(C)C2CC1. The first-order chi connectivity index (χ1) is 8.47. The van der Waals surface area contributed by atoms with Gasteiger partial charge in [0.25, 0.3) is 0 Å². The summed E-state index contributed by atoms with van der Waals surface area (Å²) in [7, 11) is 0. The Morgan fingerprint density at radius 1 is 1.22 bits per heavy atom. The van der Waals surface area contributed by atoms with E-state index < -0.39 is 0 Å². The molecule has 0 fully saturated rings. The van der Waals surface area contributed by atoms with Crippen molar-refractivity contribution in [1.29, 1.82) is 0 Å². The summed E-state index contributed by atoms with van der Waals surface area (Å²) in [5.74, 6) is 2.23. The molecule has 2 atom stereocenters. The van der Waals surface area contributed by atoms with Gasteiger partial charge in [-0.3, -0.25) is 0 Å². The topological polar surface area (TPSA) is 9.23 Å². The average Bonchev–Trinajstić information content (AvgIpc) is 2.30. The summed E-state index contributed by atoms with van der Waals surface area (Å²) in [6, 6.07) is 6.59. The Morgan fingerprint density at radius 2 is 2.00 bits per heavy atom. The van der Waals surface area contributed by atoms with Crippen LogP contribution in [0.2, 0.25) is 0 Å². The van der Waals surface area contributed by atoms with Crippen molar-refractivity contribution >= 4 is 0 Å². The van der Waals surface area contributed by atoms with Crippen LogP contribution < -0.4 is 4.74 Å². The van der Waals surface area contributed by atoms with Gasteiger partial charge in [-0.1, -0.05) is 29.3 Å². The lowest BCUT2D eigenvalue weighted by Crippen LogP contribution is -2.45. The molecule has 1 aromatic carbocycles. The van der Waals surface area contributed by atoms with E-state index in [-0.39, 0.29) is 5.60 Å². The maximum atomic E-state index is 6.25. The maximum Gasteiger partial charge on any atom is 0.123 e. The van der Waals surface area contributed by atoms with E-state index in [1.165, 1.54) is 29.5 Å². The van der Waals surface area contributed by atoms with Crippen LogP contribution in [-0.2, 0) is 0 Å². The number of ether oxygens (including phenoxy) is 1. The molecule has 0 saturated carbocycles. The zero-order valence-corrected chi connectivity index (χ0v) is 11.8. The standard InChI is InChI=1S/C17H22O/c1-11-5-7-15-13(9-11)14-10-12(2)6-8-16(14)18-17(15,3)4/h6,8-10,13,15H,5,7H2,1-4H3. The van der Waals surface area contributed by atoms with Crippen molar-refractivity contribution in [2.24, 2.45) is 5.92 Å². The fourth-order valence-electron chi connectivity index (χ4n) is 3.54. The van der Waals surface area contributed by atoms with Crippen molar-refractivity contribution in [2.75, 3.05) is 0 Å². The zero-order chi connectivity index (χ0) is 12.9. The summed E-state index contributed by atoms with van der Waals surface area (Å²) in [6.07, 6.45) is 4.93. The minimum absolute atomic E-state index is 0.0515. The molecule has 1 heteroatoms. The Kier molecular flexibility index (Phi) is 2.55. The molecule has 0 saturated heterocycles. The molecular formula is C17H22O. The lowest BCUT2D eigenvalue weighted by molar-refractivity contribution is 0.0116. The molecule has 0 amide bonds. The zero-order valence-electron chi connectivity index (χ0n) is 11.8. The number of hydrogen-bond donors (Lipinski definition) is 0. The predicted molar refractivity (Wildman–Crippen MR) is 75.1 cm³/mol. The molecule has 96 valence electrons. The third-order valence-corrected chi connectivity index (χ3v) is 4.54. The summed E-state index contributed by atoms with van der Waals surface area (Å²) in [6.45, 7) is 8.90. The van der Waals surface area contributed by atoms with Crippen LogP contribution >= 0.6 is 0 Å². The molecule has 0 spiro atoms. The van der Waals surface area contributed by atoms with Crippen LogP contribution in [0.4, 0.5) is 0 Å². The number of fused-ring (bicyclic) bond motifs is 3. The van der Waals surface area contributed by atoms with Gasteiger partial charge >= 0.3 is 0 Å². The van der Waals surface area contributed by atoms with E-state index in [2.05, 4.69) is 52.0 Å². The van der Waals surface area contributed by atoms with Gasteiger partial charge in [-0.05, 0) is 46.6 Å². The summed E-state index contributed by atoms with van der Waals surface area (Å²) in [5, 5.41) is 0. The Bertz CT molecular complexity index is 510. The molecule has 1 nitrogen and oxygen atoms in total. The quantitative estimate of drug-likeness (QED) is 0.604. The number of benzene rings is 1. The molecule has 1 aliphatic carbocycles. The van der Waals surface area contributed by atoms with Crippen molar-refractivity contribution < 1.29 is 4.74 Å². The molecule has 2 unspecified atom stereocenters. The molecule has 0 N–H and O–H groups in total. The largest absolute Gasteiger partial charge is 0.487 e. The first kappa shape index (κ1) is 11.8. The smallest absolute Gasteiger partial charge is 0.123 e. The fraction of sp³-hybridized carbons (Fsp3) is 0.529. The van der Waals surface area contributed by atoms with E-state index in [1.807, 2.05) is 0 Å². The van der Waals surface area contributed by atoms with Crippen LogP contribution in [0.1, 0.15) is 50.7 Å². The fourth-order valence-corrected chi connectivity index (χ4v) is 3.54. The normalized spacial score (nSPS) is 28.8. The highest BCUT2D eigenvalue weighted by molar-refractivity contribution is 5.45. The number of hydrogen-bond acceptors (Lipinski definition) is 1. The predicted octanol–water partition coefficient (Wildman–Crippen LogP) is 4.61. The van der Waals surface area contributed by atoms with Crippen molar-refractivity contribution in [1.82, 2.24) is 0 Å². The molecule has 0 radical (unpaired) electrons. The van der Waals surface area contributed by atoms with Gasteiger partial charge in [-0.2, -0.15) is 0 Å². The van der Waals surface area contributed by atoms with Gasteiger partial charge in [-0.25, -0.2) is 0 Å². The van der Waals surface area contributed by atoms with Crippen molar-refractivity contribution in [3.63, 3.8) is 0 Å². The van der Waals surface area contributed by atoms with Gasteiger partial charge in [0, 0.05) is 17.4 Å². The van der Waals surface area contributed by atoms with E-state index in [4.69, 9.17) is 4.74 Å². The Balaban J connectivity index is 2.15. The van der Waals surface area contributed by atoms with Crippen LogP contribution in [-0.4, -0.2) is 5.60 Å². The lowest BCUT2D eigenvalue weighted by atomic mass is 9.68. The minimum Gasteiger partial charge on any atom is -0.487 e. The molecule has 0 aromatic heterocycles. The molecule has 2 aliphatic rings. The van der Waals surface area contributed by atoms with Gasteiger partial charge in [-0.15, -0.1) is 0 Å². The molecule has 1 heterocycles. The van der Waals surface area contributed by atoms with Crippen molar-refractivity contribution in [3.05, 3.63) is 41.0 Å². The van der Waals surface area contributed by atoms with Crippen LogP contribution in [0.25, 0.3) is 0 Å². The highest BCUT2D eigenvalue weighted by Gasteiger charge is 2.43. The van der Waals surface area contributed by atoms with E-state index >= 15 is 0 Å². The average molecular weight is 242 g/mol. The summed E-state index contributed by atoms with van der Waals surface area (Å²) >= 11 is 0. The van der Waals surface area contributed by atoms with E-state index in [0.29, 0.717) is 11.8 Å². The highest BCUT2D eigenvalue weighted by atomic mass is 16.5. The molecule has 1 aliphatic heterocycles. The summed E-state index contributed by atoms with van der Waals surface area (Å²) in [5.41, 5.74) is 4.19. The van der Waals surface area contributed by atoms with Crippen LogP contribution in [0, 0.1) is 12.8 Å². The van der Waals surface area contributed by atoms with Gasteiger partial charge < -0.3 is 4.74 Å². The van der Waals surface area contributed by atoms with Gasteiger partial charge in [0.1, 0.15) is 11.4 Å². The summed E-state index contributed by atoms with van der Waals surface area (Å²) < 4.78 is 6.25. The van der Waals surface area contributed by atoms with Crippen molar-refractivity contribution in [3.8, 4) is 5.75 Å². The monoisotopic (exact) mass is 242 g/mol. The number of rotatable bonds is 0. The molecule has 1 aromatic rings. The van der Waals surface area contributed by atoms with E-state index in [9.17, 15) is 0 Å². The summed E-state index contributed by atoms with van der Waals surface area (Å²) in [4.78, 5) is 0. The van der Waals surface area contributed by atoms with Gasteiger partial charge in [0.05, 0.1) is 0 Å². The van der Waals surface area contributed by atoms with Crippen LogP contribution in [0.5, 0.6) is 5.75 Å². The lowest BCUT2D eigenvalue weighted by Gasteiger charge is -2.46. The van der Waals surface area contributed by atoms with Gasteiger partial charge in [0.2, 0.25) is 0 Å². The third kappa shape index (κ3) is 1.77. The van der Waals surface area contributed by atoms with Crippen LogP contribution in [0.3, 0.4) is 0 Å². The Labute approximate surface area is 110 Å². The van der Waals surface area contributed by atoms with Crippen molar-refractivity contribution in [2.45, 2.75) is 52.1 Å². The van der Waals surface area contributed by atoms with Gasteiger partial charge in [0.15, 0.2) is 0 Å². The second-order valence-electron chi connectivity index (χ2n) is 6.43. The second-order valence-corrected chi connectivity index (χ2v) is 6.43. The third-order valence-electron chi connectivity index (χ3n) is 4.54. The minimum atomic E-state index is -0.0515. The van der Waals surface area contributed by atoms with E-state index in [1.54, 1.807) is 0 Å². The molecule has 18 heavy (non-hydrogen) atoms. The molecule has 3 rings (SSSR count). The number of aryl methyl sites for hydroxylation is 1.